The summed E-state index contributed by atoms with van der Waals surface area (Å²) in [4.78, 5) is 22.3. The highest BCUT2D eigenvalue weighted by atomic mass is 16.2. The first-order valence-corrected chi connectivity index (χ1v) is 4.56. The Bertz CT molecular complexity index is 404. The van der Waals surface area contributed by atoms with Crippen molar-refractivity contribution in [2.24, 2.45) is 5.73 Å². The van der Waals surface area contributed by atoms with Crippen molar-refractivity contribution < 1.29 is 9.59 Å². The summed E-state index contributed by atoms with van der Waals surface area (Å²) in [5.74, 6) is -0.489. The maximum absolute atomic E-state index is 11.4. The second-order valence-electron chi connectivity index (χ2n) is 3.54. The zero-order chi connectivity index (χ0) is 10.9. The molecule has 0 radical (unpaired) electrons. The van der Waals surface area contributed by atoms with Crippen LogP contribution in [0.4, 0.5) is 4.79 Å². The molecular weight excluding hydrogens is 194 g/mol. The molecule has 1 aromatic rings. The van der Waals surface area contributed by atoms with Crippen LogP contribution in [0, 0.1) is 0 Å². The minimum atomic E-state index is -1.32. The van der Waals surface area contributed by atoms with Crippen LogP contribution in [0.3, 0.4) is 0 Å². The van der Waals surface area contributed by atoms with Gasteiger partial charge in [-0.1, -0.05) is 30.3 Å². The molecule has 1 atom stereocenters. The minimum Gasteiger partial charge on any atom is -0.311 e. The molecular formula is C10H11N3O2. The molecule has 4 N–H and O–H groups in total. The third-order valence-electron chi connectivity index (χ3n) is 2.29. The van der Waals surface area contributed by atoms with Crippen molar-refractivity contribution in [2.75, 3.05) is 0 Å². The first-order valence-electron chi connectivity index (χ1n) is 4.56. The second-order valence-corrected chi connectivity index (χ2v) is 3.54. The normalized spacial score (nSPS) is 24.9. The molecule has 1 heterocycles. The van der Waals surface area contributed by atoms with Gasteiger partial charge in [0.05, 0.1) is 0 Å². The fourth-order valence-corrected chi connectivity index (χ4v) is 1.55. The van der Waals surface area contributed by atoms with Crippen molar-refractivity contribution in [2.45, 2.75) is 12.1 Å². The van der Waals surface area contributed by atoms with E-state index in [0.29, 0.717) is 0 Å². The molecule has 0 spiro atoms. The van der Waals surface area contributed by atoms with Gasteiger partial charge < -0.3 is 11.1 Å². The van der Waals surface area contributed by atoms with Gasteiger partial charge in [-0.2, -0.15) is 0 Å². The van der Waals surface area contributed by atoms with Crippen LogP contribution >= 0.6 is 0 Å². The van der Waals surface area contributed by atoms with E-state index in [9.17, 15) is 9.59 Å². The highest BCUT2D eigenvalue weighted by molar-refractivity contribution is 6.06. The number of carbonyl (C=O) groups is 2. The van der Waals surface area contributed by atoms with Crippen molar-refractivity contribution in [1.29, 1.82) is 0 Å². The van der Waals surface area contributed by atoms with E-state index in [-0.39, 0.29) is 6.42 Å². The van der Waals surface area contributed by atoms with Gasteiger partial charge in [-0.25, -0.2) is 4.79 Å². The Kier molecular flexibility index (Phi) is 2.17. The van der Waals surface area contributed by atoms with Gasteiger partial charge >= 0.3 is 6.03 Å². The standard InChI is InChI=1S/C10H11N3O2/c11-10(8(14)12-9(15)13-10)6-7-4-2-1-3-5-7/h1-5H,6,11H2,(H2,12,13,14,15). The van der Waals surface area contributed by atoms with Gasteiger partial charge in [-0.05, 0) is 5.56 Å². The highest BCUT2D eigenvalue weighted by Crippen LogP contribution is 2.11. The van der Waals surface area contributed by atoms with Crippen molar-refractivity contribution in [3.63, 3.8) is 0 Å². The second kappa shape index (κ2) is 3.36. The Morgan fingerprint density at radius 2 is 1.87 bits per heavy atom. The van der Waals surface area contributed by atoms with Crippen LogP contribution < -0.4 is 16.4 Å². The Hall–Kier alpha value is -1.88. The summed E-state index contributed by atoms with van der Waals surface area (Å²) in [6.07, 6.45) is 0.283. The number of nitrogens with two attached hydrogens (primary N) is 1. The first kappa shape index (κ1) is 9.67. The summed E-state index contributed by atoms with van der Waals surface area (Å²) in [5.41, 5.74) is 5.36. The summed E-state index contributed by atoms with van der Waals surface area (Å²) >= 11 is 0. The van der Waals surface area contributed by atoms with Crippen molar-refractivity contribution in [3.8, 4) is 0 Å². The topological polar surface area (TPSA) is 84.2 Å². The van der Waals surface area contributed by atoms with Gasteiger partial charge in [0.15, 0.2) is 5.66 Å². The van der Waals surface area contributed by atoms with Crippen LogP contribution in [0.15, 0.2) is 30.3 Å². The van der Waals surface area contributed by atoms with Gasteiger partial charge in [-0.15, -0.1) is 0 Å². The molecule has 1 aliphatic heterocycles. The predicted molar refractivity (Wildman–Crippen MR) is 53.7 cm³/mol. The first-order chi connectivity index (χ1) is 7.10. The fourth-order valence-electron chi connectivity index (χ4n) is 1.55. The zero-order valence-electron chi connectivity index (χ0n) is 7.99. The summed E-state index contributed by atoms with van der Waals surface area (Å²) in [6, 6.07) is 8.75. The average molecular weight is 205 g/mol. The fraction of sp³-hybridized carbons (Fsp3) is 0.200. The van der Waals surface area contributed by atoms with Crippen molar-refractivity contribution in [3.05, 3.63) is 35.9 Å². The number of urea groups is 1. The average Bonchev–Trinajstić information content (AvgIpc) is 2.41. The van der Waals surface area contributed by atoms with Gasteiger partial charge in [0, 0.05) is 6.42 Å². The van der Waals surface area contributed by atoms with Crippen molar-refractivity contribution in [1.82, 2.24) is 10.6 Å². The summed E-state index contributed by atoms with van der Waals surface area (Å²) in [7, 11) is 0. The molecule has 1 saturated heterocycles. The molecule has 2 rings (SSSR count). The molecule has 1 fully saturated rings. The molecule has 0 saturated carbocycles. The molecule has 1 unspecified atom stereocenters. The van der Waals surface area contributed by atoms with Crippen LogP contribution in [0.2, 0.25) is 0 Å². The third kappa shape index (κ3) is 1.82. The summed E-state index contributed by atoms with van der Waals surface area (Å²) < 4.78 is 0. The van der Waals surface area contributed by atoms with Gasteiger partial charge in [-0.3, -0.25) is 10.1 Å². The monoisotopic (exact) mass is 205 g/mol. The van der Waals surface area contributed by atoms with Crippen LogP contribution in [-0.2, 0) is 11.2 Å². The Labute approximate surface area is 86.6 Å². The van der Waals surface area contributed by atoms with Gasteiger partial charge in [0.1, 0.15) is 0 Å². The molecule has 15 heavy (non-hydrogen) atoms. The molecule has 1 aromatic carbocycles. The molecule has 5 heteroatoms. The lowest BCUT2D eigenvalue weighted by atomic mass is 10.0. The number of benzene rings is 1. The van der Waals surface area contributed by atoms with E-state index in [4.69, 9.17) is 5.73 Å². The predicted octanol–water partition coefficient (Wildman–Crippen LogP) is -0.276. The molecule has 0 bridgehead atoms. The number of imide groups is 1. The minimum absolute atomic E-state index is 0.283. The van der Waals surface area contributed by atoms with E-state index >= 15 is 0 Å². The number of hydrogen-bond acceptors (Lipinski definition) is 3. The van der Waals surface area contributed by atoms with Crippen LogP contribution in [0.1, 0.15) is 5.56 Å². The molecule has 1 aliphatic rings. The van der Waals surface area contributed by atoms with E-state index in [0.717, 1.165) is 5.56 Å². The maximum atomic E-state index is 11.4. The van der Waals surface area contributed by atoms with Gasteiger partial charge in [0.2, 0.25) is 0 Å². The van der Waals surface area contributed by atoms with E-state index in [1.165, 1.54) is 0 Å². The number of rotatable bonds is 2. The lowest BCUT2D eigenvalue weighted by Crippen LogP contribution is -2.57. The number of hydrogen-bond donors (Lipinski definition) is 3. The Balaban J connectivity index is 2.18. The maximum Gasteiger partial charge on any atom is 0.323 e. The number of carbonyl (C=O) groups excluding carboxylic acids is 2. The smallest absolute Gasteiger partial charge is 0.311 e. The highest BCUT2D eigenvalue weighted by Gasteiger charge is 2.42. The molecule has 5 nitrogen and oxygen atoms in total. The van der Waals surface area contributed by atoms with Crippen molar-refractivity contribution >= 4 is 11.9 Å². The Morgan fingerprint density at radius 1 is 1.20 bits per heavy atom. The largest absolute Gasteiger partial charge is 0.323 e. The van der Waals surface area contributed by atoms with E-state index in [2.05, 4.69) is 10.6 Å². The molecule has 3 amide bonds. The number of nitrogens with one attached hydrogen (secondary N) is 2. The third-order valence-corrected chi connectivity index (χ3v) is 2.29. The molecule has 0 aliphatic carbocycles. The lowest BCUT2D eigenvalue weighted by Gasteiger charge is -2.20. The molecule has 78 valence electrons. The number of amides is 3. The quantitative estimate of drug-likeness (QED) is 0.581. The van der Waals surface area contributed by atoms with Crippen LogP contribution in [0.25, 0.3) is 0 Å². The van der Waals surface area contributed by atoms with Crippen LogP contribution in [0.5, 0.6) is 0 Å². The van der Waals surface area contributed by atoms with Gasteiger partial charge in [0.25, 0.3) is 5.91 Å². The lowest BCUT2D eigenvalue weighted by molar-refractivity contribution is -0.123. The van der Waals surface area contributed by atoms with E-state index < -0.39 is 17.6 Å². The summed E-state index contributed by atoms with van der Waals surface area (Å²) in [5, 5.41) is 4.52. The van der Waals surface area contributed by atoms with Crippen LogP contribution in [-0.4, -0.2) is 17.6 Å². The van der Waals surface area contributed by atoms with E-state index in [1.807, 2.05) is 30.3 Å². The molecule has 0 aromatic heterocycles. The Morgan fingerprint density at radius 3 is 2.40 bits per heavy atom. The van der Waals surface area contributed by atoms with E-state index in [1.54, 1.807) is 0 Å². The summed E-state index contributed by atoms with van der Waals surface area (Å²) in [6.45, 7) is 0. The zero-order valence-corrected chi connectivity index (χ0v) is 7.99. The SMILES string of the molecule is NC1(Cc2ccccc2)NC(=O)NC1=O.